The van der Waals surface area contributed by atoms with Crippen molar-refractivity contribution in [3.8, 4) is 5.75 Å². The Morgan fingerprint density at radius 2 is 1.63 bits per heavy atom. The van der Waals surface area contributed by atoms with E-state index in [9.17, 15) is 14.4 Å². The van der Waals surface area contributed by atoms with Crippen molar-refractivity contribution in [2.75, 3.05) is 18.6 Å². The number of amides is 3. The van der Waals surface area contributed by atoms with Gasteiger partial charge in [0.1, 0.15) is 18.3 Å². The van der Waals surface area contributed by atoms with Gasteiger partial charge in [-0.1, -0.05) is 73.7 Å². The fourth-order valence-corrected chi connectivity index (χ4v) is 5.32. The van der Waals surface area contributed by atoms with Crippen molar-refractivity contribution >= 4 is 34.2 Å². The number of carbonyl (C=O) groups is 3. The molecule has 0 bridgehead atoms. The van der Waals surface area contributed by atoms with Gasteiger partial charge in [-0.15, -0.1) is 0 Å². The molecule has 0 aromatic heterocycles. The second-order valence-electron chi connectivity index (χ2n) is 10.5. The van der Waals surface area contributed by atoms with Crippen LogP contribution in [0.3, 0.4) is 0 Å². The molecule has 7 nitrogen and oxygen atoms in total. The van der Waals surface area contributed by atoms with Crippen molar-refractivity contribution in [1.82, 2.24) is 10.2 Å². The maximum Gasteiger partial charge on any atom is 0.259 e. The van der Waals surface area contributed by atoms with E-state index in [1.54, 1.807) is 18.1 Å². The molecule has 41 heavy (non-hydrogen) atoms. The molecule has 3 amide bonds. The third-order valence-corrected chi connectivity index (χ3v) is 7.70. The van der Waals surface area contributed by atoms with Crippen LogP contribution >= 0.6 is 0 Å². The van der Waals surface area contributed by atoms with Gasteiger partial charge in [0, 0.05) is 30.0 Å². The van der Waals surface area contributed by atoms with Crippen molar-refractivity contribution < 1.29 is 19.1 Å². The first-order valence-electron chi connectivity index (χ1n) is 14.0. The van der Waals surface area contributed by atoms with Gasteiger partial charge in [-0.2, -0.15) is 0 Å². The molecule has 0 saturated carbocycles. The van der Waals surface area contributed by atoms with Crippen LogP contribution in [0.25, 0.3) is 10.8 Å². The summed E-state index contributed by atoms with van der Waals surface area (Å²) < 4.78 is 5.42. The number of hydrogen-bond acceptors (Lipinski definition) is 4. The Morgan fingerprint density at radius 1 is 0.927 bits per heavy atom. The van der Waals surface area contributed by atoms with Crippen LogP contribution in [0.1, 0.15) is 41.8 Å². The molecule has 4 aromatic carbocycles. The summed E-state index contributed by atoms with van der Waals surface area (Å²) in [5.74, 6) is -0.0886. The first kappa shape index (κ1) is 27.9. The van der Waals surface area contributed by atoms with E-state index >= 15 is 0 Å². The van der Waals surface area contributed by atoms with E-state index in [0.717, 1.165) is 28.3 Å². The van der Waals surface area contributed by atoms with Crippen LogP contribution in [-0.2, 0) is 22.6 Å². The quantitative estimate of drug-likeness (QED) is 0.273. The zero-order chi connectivity index (χ0) is 28.9. The predicted molar refractivity (Wildman–Crippen MR) is 161 cm³/mol. The first-order chi connectivity index (χ1) is 19.9. The maximum absolute atomic E-state index is 14.3. The molecule has 1 aliphatic rings. The van der Waals surface area contributed by atoms with Crippen LogP contribution in [-0.4, -0.2) is 48.4 Å². The SMILES string of the molecule is CC[C@H](C)NC(=O)[C@H](Cc1ccccc1)N(Cc1cccc(OC)c1)C(=O)CN1C(=O)c2cccc3cccc1c23. The number of hydrogen-bond donors (Lipinski definition) is 1. The van der Waals surface area contributed by atoms with Crippen LogP contribution in [0, 0.1) is 0 Å². The number of rotatable bonds is 11. The van der Waals surface area contributed by atoms with Gasteiger partial charge in [0.25, 0.3) is 5.91 Å². The Labute approximate surface area is 240 Å². The minimum absolute atomic E-state index is 0.0539. The smallest absolute Gasteiger partial charge is 0.259 e. The molecule has 1 aliphatic heterocycles. The second kappa shape index (κ2) is 12.3. The van der Waals surface area contributed by atoms with Crippen molar-refractivity contribution in [1.29, 1.82) is 0 Å². The number of nitrogens with zero attached hydrogens (tertiary/aromatic N) is 2. The highest BCUT2D eigenvalue weighted by molar-refractivity contribution is 6.26. The van der Waals surface area contributed by atoms with Gasteiger partial charge in [-0.3, -0.25) is 19.3 Å². The molecule has 1 N–H and O–H groups in total. The van der Waals surface area contributed by atoms with E-state index in [4.69, 9.17) is 4.74 Å². The lowest BCUT2D eigenvalue weighted by atomic mass is 10.0. The second-order valence-corrected chi connectivity index (χ2v) is 10.5. The lowest BCUT2D eigenvalue weighted by Gasteiger charge is -2.33. The highest BCUT2D eigenvalue weighted by Crippen LogP contribution is 2.37. The van der Waals surface area contributed by atoms with E-state index in [2.05, 4.69) is 5.32 Å². The Morgan fingerprint density at radius 3 is 2.37 bits per heavy atom. The van der Waals surface area contributed by atoms with Gasteiger partial charge >= 0.3 is 0 Å². The summed E-state index contributed by atoms with van der Waals surface area (Å²) in [7, 11) is 1.59. The van der Waals surface area contributed by atoms with Gasteiger partial charge in [0.15, 0.2) is 0 Å². The average Bonchev–Trinajstić information content (AvgIpc) is 3.27. The molecule has 7 heteroatoms. The summed E-state index contributed by atoms with van der Waals surface area (Å²) in [5.41, 5.74) is 3.06. The number of carbonyl (C=O) groups excluding carboxylic acids is 3. The molecule has 1 heterocycles. The maximum atomic E-state index is 14.3. The largest absolute Gasteiger partial charge is 0.497 e. The fraction of sp³-hybridized carbons (Fsp3) is 0.265. The lowest BCUT2D eigenvalue weighted by molar-refractivity contribution is -0.140. The summed E-state index contributed by atoms with van der Waals surface area (Å²) in [6, 6.07) is 27.7. The highest BCUT2D eigenvalue weighted by atomic mass is 16.5. The third kappa shape index (κ3) is 5.94. The highest BCUT2D eigenvalue weighted by Gasteiger charge is 2.36. The van der Waals surface area contributed by atoms with Gasteiger partial charge in [-0.25, -0.2) is 0 Å². The molecule has 0 aliphatic carbocycles. The number of anilines is 1. The minimum Gasteiger partial charge on any atom is -0.497 e. The molecule has 2 atom stereocenters. The third-order valence-electron chi connectivity index (χ3n) is 7.70. The summed E-state index contributed by atoms with van der Waals surface area (Å²) in [4.78, 5) is 44.7. The van der Waals surface area contributed by atoms with Crippen molar-refractivity contribution in [3.63, 3.8) is 0 Å². The van der Waals surface area contributed by atoms with E-state index < -0.39 is 6.04 Å². The van der Waals surface area contributed by atoms with Crippen LogP contribution in [0.4, 0.5) is 5.69 Å². The summed E-state index contributed by atoms with van der Waals surface area (Å²) >= 11 is 0. The van der Waals surface area contributed by atoms with E-state index in [-0.39, 0.29) is 36.9 Å². The van der Waals surface area contributed by atoms with Crippen LogP contribution in [0.2, 0.25) is 0 Å². The van der Waals surface area contributed by atoms with Gasteiger partial charge < -0.3 is 15.0 Å². The average molecular weight is 550 g/mol. The van der Waals surface area contributed by atoms with E-state index in [1.165, 1.54) is 4.90 Å². The zero-order valence-electron chi connectivity index (χ0n) is 23.7. The van der Waals surface area contributed by atoms with Gasteiger partial charge in [-0.05, 0) is 54.1 Å². The topological polar surface area (TPSA) is 79.0 Å². The fourth-order valence-electron chi connectivity index (χ4n) is 5.32. The number of ether oxygens (including phenoxy) is 1. The molecule has 0 fully saturated rings. The normalized spacial score (nSPS) is 13.6. The predicted octanol–water partition coefficient (Wildman–Crippen LogP) is 5.36. The number of methoxy groups -OCH3 is 1. The zero-order valence-corrected chi connectivity index (χ0v) is 23.7. The molecular weight excluding hydrogens is 514 g/mol. The molecule has 4 aromatic rings. The van der Waals surface area contributed by atoms with Crippen LogP contribution in [0.5, 0.6) is 5.75 Å². The van der Waals surface area contributed by atoms with E-state index in [0.29, 0.717) is 23.4 Å². The van der Waals surface area contributed by atoms with Crippen molar-refractivity contribution in [2.45, 2.75) is 45.3 Å². The van der Waals surface area contributed by atoms with Gasteiger partial charge in [0.05, 0.1) is 12.8 Å². The van der Waals surface area contributed by atoms with Gasteiger partial charge in [0.2, 0.25) is 11.8 Å². The molecule has 5 rings (SSSR count). The minimum atomic E-state index is -0.791. The summed E-state index contributed by atoms with van der Waals surface area (Å²) in [6.07, 6.45) is 1.10. The molecule has 0 radical (unpaired) electrons. The van der Waals surface area contributed by atoms with Crippen molar-refractivity contribution in [2.24, 2.45) is 0 Å². The number of nitrogens with one attached hydrogen (secondary N) is 1. The van der Waals surface area contributed by atoms with E-state index in [1.807, 2.05) is 98.8 Å². The molecule has 0 unspecified atom stereocenters. The molecule has 0 spiro atoms. The Balaban J connectivity index is 1.52. The molecule has 0 saturated heterocycles. The Bertz CT molecular complexity index is 1560. The Kier molecular flexibility index (Phi) is 8.34. The standard InChI is InChI=1S/C34H35N3O4/c1-4-23(2)35-33(39)30(20-24-11-6-5-7-12-24)36(21-25-13-8-16-27(19-25)41-3)31(38)22-37-29-18-10-15-26-14-9-17-28(32(26)29)34(37)40/h5-19,23,30H,4,20-22H2,1-3H3,(H,35,39)/t23-,30-/m0/s1. The first-order valence-corrected chi connectivity index (χ1v) is 14.0. The summed E-state index contributed by atoms with van der Waals surface area (Å²) in [6.45, 7) is 3.96. The number of benzene rings is 4. The monoisotopic (exact) mass is 549 g/mol. The van der Waals surface area contributed by atoms with Crippen LogP contribution < -0.4 is 15.0 Å². The lowest BCUT2D eigenvalue weighted by Crippen LogP contribution is -2.54. The van der Waals surface area contributed by atoms with Crippen LogP contribution in [0.15, 0.2) is 91.0 Å². The van der Waals surface area contributed by atoms with Crippen molar-refractivity contribution in [3.05, 3.63) is 108 Å². The molecular formula is C34H35N3O4. The Hall–Kier alpha value is -4.65. The molecule has 210 valence electrons. The summed E-state index contributed by atoms with van der Waals surface area (Å²) in [5, 5.41) is 4.89.